The molecule has 3 rings (SSSR count). The van der Waals surface area contributed by atoms with Gasteiger partial charge in [0.15, 0.2) is 0 Å². The van der Waals surface area contributed by atoms with Crippen molar-refractivity contribution in [2.24, 2.45) is 0 Å². The number of aromatic nitrogens is 1. The van der Waals surface area contributed by atoms with E-state index in [0.29, 0.717) is 5.92 Å². The maximum atomic E-state index is 5.95. The summed E-state index contributed by atoms with van der Waals surface area (Å²) in [6, 6.07) is 4.24. The average Bonchev–Trinajstić information content (AvgIpc) is 2.54. The first kappa shape index (κ1) is 14.8. The van der Waals surface area contributed by atoms with E-state index in [1.807, 2.05) is 18.2 Å². The topological polar surface area (TPSA) is 43.4 Å². The lowest BCUT2D eigenvalue weighted by Crippen LogP contribution is -2.41. The van der Waals surface area contributed by atoms with Crippen molar-refractivity contribution in [1.82, 2.24) is 10.3 Å². The summed E-state index contributed by atoms with van der Waals surface area (Å²) in [5.74, 6) is 2.57. The Balaban J connectivity index is 1.69. The number of rotatable bonds is 3. The number of hydrogen-bond acceptors (Lipinski definition) is 4. The molecule has 0 radical (unpaired) electrons. The Kier molecular flexibility index (Phi) is 3.68. The Labute approximate surface area is 127 Å². The summed E-state index contributed by atoms with van der Waals surface area (Å²) in [5, 5.41) is 3.30. The molecule has 0 saturated carbocycles. The average molecular weight is 286 g/mol. The molecule has 2 aliphatic rings. The van der Waals surface area contributed by atoms with Gasteiger partial charge in [-0.05, 0) is 51.5 Å². The van der Waals surface area contributed by atoms with Gasteiger partial charge in [-0.25, -0.2) is 0 Å². The lowest BCUT2D eigenvalue weighted by atomic mass is 9.89. The van der Waals surface area contributed by atoms with Crippen LogP contribution in [-0.4, -0.2) is 36.4 Å². The number of pyridine rings is 1. The molecule has 21 heavy (non-hydrogen) atoms. The van der Waals surface area contributed by atoms with Crippen LogP contribution in [-0.2, 0) is 9.31 Å². The van der Waals surface area contributed by atoms with E-state index in [1.54, 1.807) is 0 Å². The van der Waals surface area contributed by atoms with Crippen LogP contribution in [0.3, 0.4) is 0 Å². The molecule has 0 bridgehead atoms. The van der Waals surface area contributed by atoms with Crippen molar-refractivity contribution in [3.8, 4) is 0 Å². The molecular formula is C16H23BN2O2. The van der Waals surface area contributed by atoms with E-state index in [1.165, 1.54) is 5.56 Å². The van der Waals surface area contributed by atoms with Crippen LogP contribution in [0, 0.1) is 0 Å². The summed E-state index contributed by atoms with van der Waals surface area (Å²) in [4.78, 5) is 4.40. The van der Waals surface area contributed by atoms with Crippen LogP contribution < -0.4 is 5.32 Å². The highest BCUT2D eigenvalue weighted by atomic mass is 16.7. The smallest absolute Gasteiger partial charge is 0.400 e. The van der Waals surface area contributed by atoms with Crippen molar-refractivity contribution >= 4 is 13.2 Å². The molecule has 5 heteroatoms. The molecule has 2 saturated heterocycles. The highest BCUT2D eigenvalue weighted by Gasteiger charge is 2.50. The number of nitrogens with one attached hydrogen (secondary N) is 1. The molecule has 4 nitrogen and oxygen atoms in total. The third-order valence-electron chi connectivity index (χ3n) is 4.75. The minimum atomic E-state index is -0.314. The summed E-state index contributed by atoms with van der Waals surface area (Å²) in [5.41, 5.74) is 1.70. The lowest BCUT2D eigenvalue weighted by Gasteiger charge is -2.32. The fourth-order valence-electron chi connectivity index (χ4n) is 2.48. The van der Waals surface area contributed by atoms with E-state index in [-0.39, 0.29) is 18.3 Å². The molecule has 0 atom stereocenters. The summed E-state index contributed by atoms with van der Waals surface area (Å²) >= 11 is 0. The largest absolute Gasteiger partial charge is 0.487 e. The van der Waals surface area contributed by atoms with Gasteiger partial charge in [-0.1, -0.05) is 5.98 Å². The minimum Gasteiger partial charge on any atom is -0.400 e. The predicted octanol–water partition coefficient (Wildman–Crippen LogP) is 2.41. The third kappa shape index (κ3) is 2.91. The van der Waals surface area contributed by atoms with Crippen molar-refractivity contribution in [1.29, 1.82) is 0 Å². The second kappa shape index (κ2) is 5.23. The van der Waals surface area contributed by atoms with Gasteiger partial charge in [0.25, 0.3) is 0 Å². The molecule has 1 aromatic rings. The maximum absolute atomic E-state index is 5.95. The normalized spacial score (nSPS) is 24.5. The second-order valence-electron chi connectivity index (χ2n) is 6.85. The summed E-state index contributed by atoms with van der Waals surface area (Å²) in [6.07, 6.45) is 3.86. The van der Waals surface area contributed by atoms with Gasteiger partial charge in [0.2, 0.25) is 0 Å². The molecule has 1 N–H and O–H groups in total. The van der Waals surface area contributed by atoms with Gasteiger partial charge in [0.05, 0.1) is 16.9 Å². The Bertz CT molecular complexity index is 537. The summed E-state index contributed by atoms with van der Waals surface area (Å²) < 4.78 is 11.9. The van der Waals surface area contributed by atoms with Gasteiger partial charge < -0.3 is 14.6 Å². The highest BCUT2D eigenvalue weighted by molar-refractivity contribution is 6.52. The summed E-state index contributed by atoms with van der Waals surface area (Å²) in [7, 11) is -0.314. The van der Waals surface area contributed by atoms with Gasteiger partial charge in [-0.3, -0.25) is 4.98 Å². The maximum Gasteiger partial charge on any atom is 0.487 e. The van der Waals surface area contributed by atoms with Crippen LogP contribution in [0.25, 0.3) is 6.08 Å². The standard InChI is InChI=1S/C16H23BN2O2/c1-15(2)16(3,4)21-17(20-15)7-5-14-9-12(6-8-19-14)13-10-18-11-13/h5-9,13,18H,10-11H2,1-4H3/b7-5+. The zero-order valence-corrected chi connectivity index (χ0v) is 13.2. The van der Waals surface area contributed by atoms with Crippen LogP contribution in [0.15, 0.2) is 24.3 Å². The van der Waals surface area contributed by atoms with Gasteiger partial charge >= 0.3 is 7.12 Å². The molecule has 3 heterocycles. The first-order chi connectivity index (χ1) is 9.87. The molecule has 2 aliphatic heterocycles. The van der Waals surface area contributed by atoms with Crippen molar-refractivity contribution < 1.29 is 9.31 Å². The molecule has 0 aromatic carbocycles. The molecule has 0 amide bonds. The van der Waals surface area contributed by atoms with Gasteiger partial charge in [0.1, 0.15) is 0 Å². The SMILES string of the molecule is CC1(C)OB(/C=C/c2cc(C3CNC3)ccn2)OC1(C)C. The van der Waals surface area contributed by atoms with Crippen LogP contribution >= 0.6 is 0 Å². The van der Waals surface area contributed by atoms with E-state index in [9.17, 15) is 0 Å². The minimum absolute atomic E-state index is 0.297. The lowest BCUT2D eigenvalue weighted by molar-refractivity contribution is 0.00578. The Morgan fingerprint density at radius 2 is 1.90 bits per heavy atom. The monoisotopic (exact) mass is 286 g/mol. The Hall–Kier alpha value is -1.17. The van der Waals surface area contributed by atoms with Gasteiger partial charge in [-0.2, -0.15) is 0 Å². The number of hydrogen-bond donors (Lipinski definition) is 1. The van der Waals surface area contributed by atoms with E-state index in [0.717, 1.165) is 18.8 Å². The highest BCUT2D eigenvalue weighted by Crippen LogP contribution is 2.37. The third-order valence-corrected chi connectivity index (χ3v) is 4.75. The van der Waals surface area contributed by atoms with Crippen LogP contribution in [0.1, 0.15) is 44.9 Å². The van der Waals surface area contributed by atoms with Gasteiger partial charge in [0, 0.05) is 25.2 Å². The quantitative estimate of drug-likeness (QED) is 0.867. The summed E-state index contributed by atoms with van der Waals surface area (Å²) in [6.45, 7) is 10.4. The predicted molar refractivity (Wildman–Crippen MR) is 85.0 cm³/mol. The molecule has 0 unspecified atom stereocenters. The fourth-order valence-corrected chi connectivity index (χ4v) is 2.48. The van der Waals surface area contributed by atoms with Crippen LogP contribution in [0.2, 0.25) is 0 Å². The van der Waals surface area contributed by atoms with Crippen molar-refractivity contribution in [2.75, 3.05) is 13.1 Å². The van der Waals surface area contributed by atoms with Crippen molar-refractivity contribution in [3.05, 3.63) is 35.6 Å². The van der Waals surface area contributed by atoms with E-state index < -0.39 is 0 Å². The molecular weight excluding hydrogens is 263 g/mol. The van der Waals surface area contributed by atoms with Crippen LogP contribution in [0.5, 0.6) is 0 Å². The molecule has 2 fully saturated rings. The Morgan fingerprint density at radius 3 is 2.48 bits per heavy atom. The zero-order chi connectivity index (χ0) is 15.1. The van der Waals surface area contributed by atoms with Crippen LogP contribution in [0.4, 0.5) is 0 Å². The molecule has 1 aromatic heterocycles. The Morgan fingerprint density at radius 1 is 1.24 bits per heavy atom. The van der Waals surface area contributed by atoms with Gasteiger partial charge in [-0.15, -0.1) is 0 Å². The fraction of sp³-hybridized carbons (Fsp3) is 0.562. The van der Waals surface area contributed by atoms with E-state index in [4.69, 9.17) is 9.31 Å². The first-order valence-corrected chi connectivity index (χ1v) is 7.58. The van der Waals surface area contributed by atoms with Crippen molar-refractivity contribution in [2.45, 2.75) is 44.8 Å². The second-order valence-corrected chi connectivity index (χ2v) is 6.85. The van der Waals surface area contributed by atoms with E-state index >= 15 is 0 Å². The van der Waals surface area contributed by atoms with E-state index in [2.05, 4.69) is 50.1 Å². The first-order valence-electron chi connectivity index (χ1n) is 7.58. The molecule has 0 aliphatic carbocycles. The molecule has 0 spiro atoms. The zero-order valence-electron chi connectivity index (χ0n) is 13.2. The molecule has 112 valence electrons. The number of nitrogens with zero attached hydrogens (tertiary/aromatic N) is 1. The van der Waals surface area contributed by atoms with Crippen molar-refractivity contribution in [3.63, 3.8) is 0 Å².